The Hall–Kier alpha value is -1.44. The predicted molar refractivity (Wildman–Crippen MR) is 66.2 cm³/mol. The molecule has 108 valence electrons. The molecule has 0 spiro atoms. The van der Waals surface area contributed by atoms with Gasteiger partial charge in [-0.15, -0.1) is 0 Å². The second kappa shape index (κ2) is 5.51. The molecule has 0 aliphatic rings. The van der Waals surface area contributed by atoms with Crippen molar-refractivity contribution >= 4 is 15.9 Å². The van der Waals surface area contributed by atoms with Gasteiger partial charge in [-0.05, 0) is 24.3 Å². The Morgan fingerprint density at radius 2 is 1.75 bits per heavy atom. The van der Waals surface area contributed by atoms with E-state index in [1.165, 1.54) is 6.20 Å². The zero-order valence-corrected chi connectivity index (χ0v) is 11.4. The molecule has 0 amide bonds. The van der Waals surface area contributed by atoms with E-state index in [0.29, 0.717) is 5.56 Å². The van der Waals surface area contributed by atoms with E-state index in [1.807, 2.05) is 0 Å². The summed E-state index contributed by atoms with van der Waals surface area (Å²) in [4.78, 5) is 0. The van der Waals surface area contributed by atoms with E-state index in [2.05, 4.69) is 21.0 Å². The first-order valence-electron chi connectivity index (χ1n) is 5.43. The first kappa shape index (κ1) is 15.0. The van der Waals surface area contributed by atoms with Gasteiger partial charge in [0.25, 0.3) is 6.43 Å². The molecule has 2 aromatic rings. The van der Waals surface area contributed by atoms with Crippen LogP contribution < -0.4 is 0 Å². The average Bonchev–Trinajstić information content (AvgIpc) is 2.81. The number of hydrogen-bond donors (Lipinski definition) is 0. The topological polar surface area (TPSA) is 17.8 Å². The lowest BCUT2D eigenvalue weighted by molar-refractivity contribution is -0.137. The van der Waals surface area contributed by atoms with Gasteiger partial charge in [-0.25, -0.2) is 13.5 Å². The van der Waals surface area contributed by atoms with E-state index in [-0.39, 0.29) is 16.7 Å². The molecule has 2 rings (SSSR count). The fourth-order valence-corrected chi connectivity index (χ4v) is 2.16. The van der Waals surface area contributed by atoms with Crippen molar-refractivity contribution in [1.29, 1.82) is 0 Å². The molecule has 20 heavy (non-hydrogen) atoms. The third-order valence-electron chi connectivity index (χ3n) is 2.68. The largest absolute Gasteiger partial charge is 0.416 e. The fourth-order valence-electron chi connectivity index (χ4n) is 1.72. The second-order valence-corrected chi connectivity index (χ2v) is 4.51. The molecule has 0 N–H and O–H groups in total. The van der Waals surface area contributed by atoms with Gasteiger partial charge in [0.2, 0.25) is 0 Å². The van der Waals surface area contributed by atoms with Crippen LogP contribution in [0.3, 0.4) is 0 Å². The van der Waals surface area contributed by atoms with Gasteiger partial charge in [0.15, 0.2) is 0 Å². The van der Waals surface area contributed by atoms with Gasteiger partial charge in [0, 0.05) is 10.9 Å². The van der Waals surface area contributed by atoms with Crippen LogP contribution in [0, 0.1) is 0 Å². The van der Waals surface area contributed by atoms with Crippen LogP contribution in [-0.2, 0) is 11.5 Å². The van der Waals surface area contributed by atoms with Gasteiger partial charge >= 0.3 is 6.18 Å². The molecule has 0 saturated heterocycles. The van der Waals surface area contributed by atoms with Gasteiger partial charge < -0.3 is 0 Å². The molecule has 1 aromatic heterocycles. The van der Waals surface area contributed by atoms with E-state index in [1.54, 1.807) is 0 Å². The molecule has 0 aliphatic heterocycles. The van der Waals surface area contributed by atoms with E-state index in [9.17, 15) is 22.0 Å². The highest BCUT2D eigenvalue weighted by Gasteiger charge is 2.30. The van der Waals surface area contributed by atoms with Gasteiger partial charge in [-0.2, -0.15) is 18.3 Å². The predicted octanol–water partition coefficient (Wildman–Crippen LogP) is 4.72. The Labute approximate surface area is 119 Å². The number of alkyl halides is 6. The van der Waals surface area contributed by atoms with Crippen LogP contribution in [0.15, 0.2) is 30.5 Å². The summed E-state index contributed by atoms with van der Waals surface area (Å²) in [5.41, 5.74) is -0.727. The number of hydrogen-bond acceptors (Lipinski definition) is 1. The zero-order valence-electron chi connectivity index (χ0n) is 9.83. The average molecular weight is 355 g/mol. The molecule has 0 unspecified atom stereocenters. The van der Waals surface area contributed by atoms with Crippen molar-refractivity contribution in [1.82, 2.24) is 9.78 Å². The molecule has 0 aliphatic carbocycles. The maximum atomic E-state index is 13.0. The zero-order chi connectivity index (χ0) is 14.9. The molecule has 0 saturated carbocycles. The van der Waals surface area contributed by atoms with Crippen molar-refractivity contribution in [2.75, 3.05) is 0 Å². The van der Waals surface area contributed by atoms with Crippen molar-refractivity contribution in [3.8, 4) is 5.69 Å². The Morgan fingerprint density at radius 1 is 1.15 bits per heavy atom. The van der Waals surface area contributed by atoms with Crippen LogP contribution in [0.1, 0.15) is 23.2 Å². The molecule has 0 atom stereocenters. The molecule has 1 heterocycles. The molecular weight excluding hydrogens is 347 g/mol. The Morgan fingerprint density at radius 3 is 2.20 bits per heavy atom. The maximum absolute atomic E-state index is 13.0. The summed E-state index contributed by atoms with van der Waals surface area (Å²) in [6.45, 7) is 0. The second-order valence-electron chi connectivity index (χ2n) is 3.95. The molecule has 0 radical (unpaired) electrons. The molecule has 0 fully saturated rings. The number of rotatable bonds is 3. The molecule has 2 nitrogen and oxygen atoms in total. The van der Waals surface area contributed by atoms with Crippen molar-refractivity contribution in [3.05, 3.63) is 47.3 Å². The Bertz CT molecular complexity index is 589. The fraction of sp³-hybridized carbons (Fsp3) is 0.250. The summed E-state index contributed by atoms with van der Waals surface area (Å²) in [7, 11) is 0. The number of halogens is 6. The summed E-state index contributed by atoms with van der Waals surface area (Å²) >= 11 is 3.06. The quantitative estimate of drug-likeness (QED) is 0.575. The lowest BCUT2D eigenvalue weighted by atomic mass is 10.2. The Kier molecular flexibility index (Phi) is 4.12. The summed E-state index contributed by atoms with van der Waals surface area (Å²) < 4.78 is 64.3. The number of benzene rings is 1. The van der Waals surface area contributed by atoms with Crippen molar-refractivity contribution in [3.63, 3.8) is 0 Å². The van der Waals surface area contributed by atoms with Gasteiger partial charge in [0.05, 0.1) is 17.4 Å². The lowest BCUT2D eigenvalue weighted by Crippen LogP contribution is -2.07. The van der Waals surface area contributed by atoms with Gasteiger partial charge in [-0.1, -0.05) is 15.9 Å². The summed E-state index contributed by atoms with van der Waals surface area (Å²) in [6.07, 6.45) is -5.98. The van der Waals surface area contributed by atoms with Crippen LogP contribution in [0.2, 0.25) is 0 Å². The third-order valence-corrected chi connectivity index (χ3v) is 3.28. The van der Waals surface area contributed by atoms with Crippen molar-refractivity contribution in [2.45, 2.75) is 17.9 Å². The minimum atomic E-state index is -4.46. The van der Waals surface area contributed by atoms with E-state index < -0.39 is 18.2 Å². The number of aromatic nitrogens is 2. The van der Waals surface area contributed by atoms with E-state index >= 15 is 0 Å². The molecule has 8 heteroatoms. The summed E-state index contributed by atoms with van der Waals surface area (Å²) in [5.74, 6) is 0. The smallest absolute Gasteiger partial charge is 0.232 e. The standard InChI is InChI=1S/C12H8BrF5N2/c13-5-7-6-19-20(10(7)11(14)15)9-3-1-8(2-4-9)12(16,17)18/h1-4,6,11H,5H2. The highest BCUT2D eigenvalue weighted by atomic mass is 79.9. The van der Waals surface area contributed by atoms with Crippen molar-refractivity contribution in [2.24, 2.45) is 0 Å². The molecular formula is C12H8BrF5N2. The van der Waals surface area contributed by atoms with Crippen LogP contribution in [-0.4, -0.2) is 9.78 Å². The molecule has 1 aromatic carbocycles. The SMILES string of the molecule is FC(F)c1c(CBr)cnn1-c1ccc(C(F)(F)F)cc1. The number of nitrogens with zero attached hydrogens (tertiary/aromatic N) is 2. The highest BCUT2D eigenvalue weighted by Crippen LogP contribution is 2.31. The van der Waals surface area contributed by atoms with Crippen molar-refractivity contribution < 1.29 is 22.0 Å². The molecule has 0 bridgehead atoms. The Balaban J connectivity index is 2.45. The highest BCUT2D eigenvalue weighted by molar-refractivity contribution is 9.08. The van der Waals surface area contributed by atoms with Crippen LogP contribution >= 0.6 is 15.9 Å². The summed E-state index contributed by atoms with van der Waals surface area (Å²) in [6, 6.07) is 3.89. The first-order chi connectivity index (χ1) is 9.34. The maximum Gasteiger partial charge on any atom is 0.416 e. The van der Waals surface area contributed by atoms with Gasteiger partial charge in [-0.3, -0.25) is 0 Å². The normalized spacial score (nSPS) is 12.2. The van der Waals surface area contributed by atoms with Crippen LogP contribution in [0.5, 0.6) is 0 Å². The first-order valence-corrected chi connectivity index (χ1v) is 6.55. The lowest BCUT2D eigenvalue weighted by Gasteiger charge is -2.10. The third kappa shape index (κ3) is 2.84. The van der Waals surface area contributed by atoms with E-state index in [4.69, 9.17) is 0 Å². The minimum absolute atomic E-state index is 0.153. The van der Waals surface area contributed by atoms with Crippen LogP contribution in [0.4, 0.5) is 22.0 Å². The van der Waals surface area contributed by atoms with Gasteiger partial charge in [0.1, 0.15) is 5.69 Å². The minimum Gasteiger partial charge on any atom is -0.232 e. The summed E-state index contributed by atoms with van der Waals surface area (Å²) in [5, 5.41) is 3.98. The monoisotopic (exact) mass is 354 g/mol. The van der Waals surface area contributed by atoms with Crippen LogP contribution in [0.25, 0.3) is 5.69 Å². The van der Waals surface area contributed by atoms with E-state index in [0.717, 1.165) is 28.9 Å².